The molecule has 0 spiro atoms. The molecule has 0 amide bonds. The fraction of sp³-hybridized carbons (Fsp3) is 0.438. The van der Waals surface area contributed by atoms with Gasteiger partial charge in [0.2, 0.25) is 0 Å². The molecule has 0 saturated carbocycles. The van der Waals surface area contributed by atoms with Crippen LogP contribution in [0, 0.1) is 0 Å². The van der Waals surface area contributed by atoms with E-state index in [1.54, 1.807) is 0 Å². The molecule has 2 heterocycles. The Morgan fingerprint density at radius 2 is 1.90 bits per heavy atom. The second-order valence-electron chi connectivity index (χ2n) is 4.76. The zero-order chi connectivity index (χ0) is 14.9. The van der Waals surface area contributed by atoms with Crippen molar-refractivity contribution in [3.8, 4) is 0 Å². The Hall–Kier alpha value is -1.75. The van der Waals surface area contributed by atoms with Gasteiger partial charge in [-0.25, -0.2) is 4.99 Å². The van der Waals surface area contributed by atoms with Crippen molar-refractivity contribution in [1.82, 2.24) is 15.2 Å². The molecular weight excluding hydrogens is 280 g/mol. The molecule has 0 bridgehead atoms. The molecule has 0 aliphatic rings. The molecular formula is C16H24N4S. The summed E-state index contributed by atoms with van der Waals surface area (Å²) in [6.07, 6.45) is 5.25. The first kappa shape index (κ1) is 15.6. The zero-order valence-electron chi connectivity index (χ0n) is 12.8. The smallest absolute Gasteiger partial charge is 0.191 e. The molecule has 4 nitrogen and oxygen atoms in total. The van der Waals surface area contributed by atoms with Crippen molar-refractivity contribution in [2.45, 2.75) is 33.4 Å². The van der Waals surface area contributed by atoms with Crippen molar-refractivity contribution in [2.75, 3.05) is 13.1 Å². The highest BCUT2D eigenvalue weighted by atomic mass is 32.1. The van der Waals surface area contributed by atoms with E-state index in [9.17, 15) is 0 Å². The first-order chi connectivity index (χ1) is 10.3. The van der Waals surface area contributed by atoms with Crippen LogP contribution in [0.1, 0.15) is 23.6 Å². The highest BCUT2D eigenvalue weighted by Crippen LogP contribution is 2.17. The molecule has 0 aromatic carbocycles. The largest absolute Gasteiger partial charge is 0.357 e. The van der Waals surface area contributed by atoms with E-state index in [-0.39, 0.29) is 0 Å². The maximum atomic E-state index is 4.65. The molecule has 5 heteroatoms. The van der Waals surface area contributed by atoms with Crippen molar-refractivity contribution in [3.63, 3.8) is 0 Å². The number of aliphatic imine (C=N–C) groups is 1. The average molecular weight is 304 g/mol. The average Bonchev–Trinajstić information content (AvgIpc) is 3.16. The van der Waals surface area contributed by atoms with E-state index in [1.165, 1.54) is 9.75 Å². The van der Waals surface area contributed by atoms with Gasteiger partial charge in [0.1, 0.15) is 0 Å². The van der Waals surface area contributed by atoms with Crippen molar-refractivity contribution < 1.29 is 0 Å². The Morgan fingerprint density at radius 3 is 2.57 bits per heavy atom. The van der Waals surface area contributed by atoms with Gasteiger partial charge in [-0.1, -0.05) is 6.92 Å². The quantitative estimate of drug-likeness (QED) is 0.610. The van der Waals surface area contributed by atoms with Gasteiger partial charge in [-0.2, -0.15) is 0 Å². The maximum absolute atomic E-state index is 4.65. The highest BCUT2D eigenvalue weighted by molar-refractivity contribution is 7.11. The van der Waals surface area contributed by atoms with E-state index in [1.807, 2.05) is 23.5 Å². The van der Waals surface area contributed by atoms with Crippen LogP contribution in [0.25, 0.3) is 0 Å². The summed E-state index contributed by atoms with van der Waals surface area (Å²) in [4.78, 5) is 7.38. The minimum Gasteiger partial charge on any atom is -0.357 e. The number of hydrogen-bond donors (Lipinski definition) is 2. The first-order valence-electron chi connectivity index (χ1n) is 7.52. The lowest BCUT2D eigenvalue weighted by Gasteiger charge is -2.11. The van der Waals surface area contributed by atoms with Gasteiger partial charge in [0.15, 0.2) is 5.96 Å². The van der Waals surface area contributed by atoms with Gasteiger partial charge in [0, 0.05) is 41.8 Å². The molecule has 0 saturated heterocycles. The first-order valence-corrected chi connectivity index (χ1v) is 8.34. The van der Waals surface area contributed by atoms with Gasteiger partial charge in [-0.15, -0.1) is 11.3 Å². The molecule has 114 valence electrons. The number of guanidine groups is 1. The van der Waals surface area contributed by atoms with Crippen LogP contribution in [0.3, 0.4) is 0 Å². The van der Waals surface area contributed by atoms with Crippen molar-refractivity contribution in [1.29, 1.82) is 0 Å². The number of rotatable bonds is 7. The summed E-state index contributed by atoms with van der Waals surface area (Å²) >= 11 is 1.85. The zero-order valence-corrected chi connectivity index (χ0v) is 13.6. The van der Waals surface area contributed by atoms with Crippen LogP contribution in [-0.4, -0.2) is 23.6 Å². The Bertz CT molecular complexity index is 542. The Labute approximate surface area is 130 Å². The van der Waals surface area contributed by atoms with Gasteiger partial charge in [0.05, 0.1) is 6.54 Å². The van der Waals surface area contributed by atoms with Gasteiger partial charge < -0.3 is 15.2 Å². The number of thiophene rings is 1. The minimum absolute atomic E-state index is 0.740. The van der Waals surface area contributed by atoms with Gasteiger partial charge in [0.25, 0.3) is 0 Å². The molecule has 0 aliphatic heterocycles. The summed E-state index contributed by atoms with van der Waals surface area (Å²) in [5.74, 6) is 0.885. The van der Waals surface area contributed by atoms with Crippen LogP contribution >= 0.6 is 11.3 Å². The maximum Gasteiger partial charge on any atom is 0.191 e. The number of hydrogen-bond acceptors (Lipinski definition) is 2. The second kappa shape index (κ2) is 8.52. The van der Waals surface area contributed by atoms with Crippen molar-refractivity contribution >= 4 is 17.3 Å². The third-order valence-electron chi connectivity index (χ3n) is 3.13. The number of aryl methyl sites for hydroxylation is 1. The fourth-order valence-corrected chi connectivity index (χ4v) is 2.90. The summed E-state index contributed by atoms with van der Waals surface area (Å²) in [5, 5.41) is 6.66. The molecule has 21 heavy (non-hydrogen) atoms. The lowest BCUT2D eigenvalue weighted by Crippen LogP contribution is -2.38. The summed E-state index contributed by atoms with van der Waals surface area (Å²) in [7, 11) is 0. The van der Waals surface area contributed by atoms with Gasteiger partial charge in [-0.3, -0.25) is 0 Å². The van der Waals surface area contributed by atoms with E-state index in [0.717, 1.165) is 38.6 Å². The third kappa shape index (κ3) is 5.27. The fourth-order valence-electron chi connectivity index (χ4n) is 2.02. The predicted octanol–water partition coefficient (Wildman–Crippen LogP) is 2.87. The topological polar surface area (TPSA) is 41.4 Å². The predicted molar refractivity (Wildman–Crippen MR) is 90.9 cm³/mol. The lowest BCUT2D eigenvalue weighted by atomic mass is 10.4. The van der Waals surface area contributed by atoms with Crippen LogP contribution < -0.4 is 10.6 Å². The number of nitrogens with one attached hydrogen (secondary N) is 2. The molecule has 0 radical (unpaired) electrons. The summed E-state index contributed by atoms with van der Waals surface area (Å²) in [6.45, 7) is 7.69. The minimum atomic E-state index is 0.740. The molecule has 0 aliphatic carbocycles. The van der Waals surface area contributed by atoms with Crippen molar-refractivity contribution in [3.05, 3.63) is 46.4 Å². The van der Waals surface area contributed by atoms with E-state index in [0.29, 0.717) is 0 Å². The molecule has 0 atom stereocenters. The van der Waals surface area contributed by atoms with Gasteiger partial charge >= 0.3 is 0 Å². The summed E-state index contributed by atoms with van der Waals surface area (Å²) < 4.78 is 2.16. The Kier molecular flexibility index (Phi) is 6.34. The number of aromatic nitrogens is 1. The Morgan fingerprint density at radius 1 is 1.14 bits per heavy atom. The Balaban J connectivity index is 1.83. The summed E-state index contributed by atoms with van der Waals surface area (Å²) in [6, 6.07) is 8.46. The monoisotopic (exact) mass is 304 g/mol. The summed E-state index contributed by atoms with van der Waals surface area (Å²) in [5.41, 5.74) is 0. The molecule has 0 fully saturated rings. The van der Waals surface area contributed by atoms with Gasteiger partial charge in [-0.05, 0) is 37.6 Å². The van der Waals surface area contributed by atoms with Crippen LogP contribution in [0.5, 0.6) is 0 Å². The van der Waals surface area contributed by atoms with E-state index < -0.39 is 0 Å². The van der Waals surface area contributed by atoms with Crippen LogP contribution in [0.4, 0.5) is 0 Å². The molecule has 2 aromatic heterocycles. The van der Waals surface area contributed by atoms with Crippen molar-refractivity contribution in [2.24, 2.45) is 4.99 Å². The second-order valence-corrected chi connectivity index (χ2v) is 6.02. The normalized spacial score (nSPS) is 11.6. The molecule has 2 rings (SSSR count). The standard InChI is InChI=1S/C16H24N4S/c1-3-14-7-8-15(21-14)13-19-16(17-4-2)18-9-12-20-10-5-6-11-20/h5-8,10-11H,3-4,9,12-13H2,1-2H3,(H2,17,18,19). The molecule has 0 unspecified atom stereocenters. The SMILES string of the molecule is CCNC(=NCc1ccc(CC)s1)NCCn1cccc1. The van der Waals surface area contributed by atoms with Crippen LogP contribution in [0.2, 0.25) is 0 Å². The highest BCUT2D eigenvalue weighted by Gasteiger charge is 2.00. The van der Waals surface area contributed by atoms with Crippen LogP contribution in [-0.2, 0) is 19.5 Å². The lowest BCUT2D eigenvalue weighted by molar-refractivity contribution is 0.666. The van der Waals surface area contributed by atoms with E-state index in [4.69, 9.17) is 0 Å². The van der Waals surface area contributed by atoms with E-state index >= 15 is 0 Å². The van der Waals surface area contributed by atoms with E-state index in [2.05, 4.69) is 58.6 Å². The molecule has 2 N–H and O–H groups in total. The number of nitrogens with zero attached hydrogens (tertiary/aromatic N) is 2. The molecule has 2 aromatic rings. The van der Waals surface area contributed by atoms with Crippen LogP contribution in [0.15, 0.2) is 41.7 Å². The third-order valence-corrected chi connectivity index (χ3v) is 4.35.